The second-order valence-electron chi connectivity index (χ2n) is 3.18. The Labute approximate surface area is 92.3 Å². The number of methoxy groups -OCH3 is 1. The van der Waals surface area contributed by atoms with Gasteiger partial charge in [-0.2, -0.15) is 0 Å². The number of alkyl halides is 1. The van der Waals surface area contributed by atoms with Crippen LogP contribution in [-0.2, 0) is 5.88 Å². The summed E-state index contributed by atoms with van der Waals surface area (Å²) in [7, 11) is 1.70. The molecule has 0 saturated carbocycles. The number of benzene rings is 1. The molecule has 0 atom stereocenters. The second kappa shape index (κ2) is 3.79. The molecule has 1 heterocycles. The molecule has 0 unspecified atom stereocenters. The summed E-state index contributed by atoms with van der Waals surface area (Å²) in [6, 6.07) is 4.18. The maximum Gasteiger partial charge on any atom is 0.137 e. The Balaban J connectivity index is 2.82. The average Bonchev–Trinajstić information content (AvgIpc) is 2.63. The van der Waals surface area contributed by atoms with Gasteiger partial charge in [-0.15, -0.1) is 22.9 Å². The lowest BCUT2D eigenvalue weighted by Crippen LogP contribution is -1.85. The Hall–Kier alpha value is -0.730. The lowest BCUT2D eigenvalue weighted by molar-refractivity contribution is 0.421. The second-order valence-corrected chi connectivity index (χ2v) is 4.33. The molecule has 1 nitrogen and oxygen atoms in total. The maximum absolute atomic E-state index is 5.89. The highest BCUT2D eigenvalue weighted by molar-refractivity contribution is 7.17. The zero-order chi connectivity index (χ0) is 10.1. The minimum atomic E-state index is 0.532. The highest BCUT2D eigenvalue weighted by Gasteiger charge is 2.10. The third-order valence-corrected chi connectivity index (χ3v) is 3.72. The van der Waals surface area contributed by atoms with Crippen molar-refractivity contribution in [3.63, 3.8) is 0 Å². The Morgan fingerprint density at radius 2 is 2.21 bits per heavy atom. The fourth-order valence-electron chi connectivity index (χ4n) is 1.58. The van der Waals surface area contributed by atoms with E-state index in [1.54, 1.807) is 18.4 Å². The van der Waals surface area contributed by atoms with Gasteiger partial charge in [0.15, 0.2) is 0 Å². The summed E-state index contributed by atoms with van der Waals surface area (Å²) in [5.74, 6) is 1.47. The largest absolute Gasteiger partial charge is 0.495 e. The van der Waals surface area contributed by atoms with Crippen molar-refractivity contribution in [2.45, 2.75) is 12.8 Å². The molecule has 2 aromatic rings. The number of halogens is 1. The van der Waals surface area contributed by atoms with Crippen LogP contribution in [0.2, 0.25) is 0 Å². The molecule has 0 bridgehead atoms. The van der Waals surface area contributed by atoms with Crippen LogP contribution < -0.4 is 4.74 Å². The van der Waals surface area contributed by atoms with Crippen molar-refractivity contribution in [3.8, 4) is 5.75 Å². The summed E-state index contributed by atoms with van der Waals surface area (Å²) >= 11 is 7.60. The molecule has 3 heteroatoms. The Morgan fingerprint density at radius 3 is 2.86 bits per heavy atom. The first-order valence-corrected chi connectivity index (χ1v) is 5.79. The van der Waals surface area contributed by atoms with Crippen molar-refractivity contribution in [1.29, 1.82) is 0 Å². The molecule has 14 heavy (non-hydrogen) atoms. The van der Waals surface area contributed by atoms with E-state index in [1.165, 1.54) is 15.6 Å². The molecule has 0 spiro atoms. The molecule has 0 aliphatic rings. The highest BCUT2D eigenvalue weighted by Crippen LogP contribution is 2.37. The summed E-state index contributed by atoms with van der Waals surface area (Å²) < 4.78 is 6.59. The van der Waals surface area contributed by atoms with Gasteiger partial charge < -0.3 is 4.74 Å². The van der Waals surface area contributed by atoms with Crippen LogP contribution in [0.3, 0.4) is 0 Å². The Bertz CT molecular complexity index is 462. The first-order valence-electron chi connectivity index (χ1n) is 4.37. The monoisotopic (exact) mass is 226 g/mol. The lowest BCUT2D eigenvalue weighted by Gasteiger charge is -2.04. The minimum absolute atomic E-state index is 0.532. The van der Waals surface area contributed by atoms with Gasteiger partial charge in [-0.1, -0.05) is 12.1 Å². The topological polar surface area (TPSA) is 9.23 Å². The molecule has 2 rings (SSSR count). The van der Waals surface area contributed by atoms with Gasteiger partial charge in [0.05, 0.1) is 7.11 Å². The van der Waals surface area contributed by atoms with Gasteiger partial charge in [-0.3, -0.25) is 0 Å². The van der Waals surface area contributed by atoms with E-state index in [9.17, 15) is 0 Å². The number of hydrogen-bond donors (Lipinski definition) is 0. The van der Waals surface area contributed by atoms with Crippen LogP contribution in [0.15, 0.2) is 17.5 Å². The number of hydrogen-bond acceptors (Lipinski definition) is 2. The molecule has 74 valence electrons. The predicted molar refractivity (Wildman–Crippen MR) is 62.7 cm³/mol. The molecule has 0 aliphatic heterocycles. The number of ether oxygens (including phenoxy) is 1. The SMILES string of the molecule is COc1csc2c(C)ccc(CCl)c12. The summed E-state index contributed by atoms with van der Waals surface area (Å²) in [6.45, 7) is 2.11. The molecule has 0 amide bonds. The molecule has 0 saturated heterocycles. The molecule has 1 aromatic heterocycles. The van der Waals surface area contributed by atoms with Crippen molar-refractivity contribution < 1.29 is 4.74 Å². The summed E-state index contributed by atoms with van der Waals surface area (Å²) in [6.07, 6.45) is 0. The molecular formula is C11H11ClOS. The van der Waals surface area contributed by atoms with E-state index in [2.05, 4.69) is 19.1 Å². The number of aryl methyl sites for hydroxylation is 1. The standard InChI is InChI=1S/C11H11ClOS/c1-7-3-4-8(5-12)10-9(13-2)6-14-11(7)10/h3-4,6H,5H2,1-2H3. The molecule has 0 N–H and O–H groups in total. The normalized spacial score (nSPS) is 10.8. The molecular weight excluding hydrogens is 216 g/mol. The van der Waals surface area contributed by atoms with E-state index in [4.69, 9.17) is 16.3 Å². The number of fused-ring (bicyclic) bond motifs is 1. The van der Waals surface area contributed by atoms with Crippen molar-refractivity contribution in [2.24, 2.45) is 0 Å². The summed E-state index contributed by atoms with van der Waals surface area (Å²) in [5.41, 5.74) is 2.42. The van der Waals surface area contributed by atoms with E-state index >= 15 is 0 Å². The van der Waals surface area contributed by atoms with E-state index < -0.39 is 0 Å². The van der Waals surface area contributed by atoms with E-state index in [0.29, 0.717) is 5.88 Å². The zero-order valence-corrected chi connectivity index (χ0v) is 9.71. The predicted octanol–water partition coefficient (Wildman–Crippen LogP) is 3.96. The van der Waals surface area contributed by atoms with Crippen LogP contribution in [0, 0.1) is 6.92 Å². The van der Waals surface area contributed by atoms with Crippen LogP contribution in [0.4, 0.5) is 0 Å². The summed E-state index contributed by atoms with van der Waals surface area (Å²) in [4.78, 5) is 0. The lowest BCUT2D eigenvalue weighted by atomic mass is 10.1. The Morgan fingerprint density at radius 1 is 1.43 bits per heavy atom. The van der Waals surface area contributed by atoms with Gasteiger partial charge in [0, 0.05) is 21.3 Å². The molecule has 0 fully saturated rings. The van der Waals surface area contributed by atoms with Crippen LogP contribution in [0.25, 0.3) is 10.1 Å². The van der Waals surface area contributed by atoms with Crippen molar-refractivity contribution >= 4 is 33.0 Å². The average molecular weight is 227 g/mol. The van der Waals surface area contributed by atoms with Crippen molar-refractivity contribution in [3.05, 3.63) is 28.6 Å². The first kappa shape index (κ1) is 9.81. The third kappa shape index (κ3) is 1.39. The van der Waals surface area contributed by atoms with E-state index in [0.717, 1.165) is 11.3 Å². The first-order chi connectivity index (χ1) is 6.77. The van der Waals surface area contributed by atoms with Gasteiger partial charge in [0.25, 0.3) is 0 Å². The van der Waals surface area contributed by atoms with Crippen LogP contribution in [-0.4, -0.2) is 7.11 Å². The highest BCUT2D eigenvalue weighted by atomic mass is 35.5. The summed E-state index contributed by atoms with van der Waals surface area (Å²) in [5, 5.41) is 3.21. The third-order valence-electron chi connectivity index (χ3n) is 2.33. The molecule has 0 aliphatic carbocycles. The van der Waals surface area contributed by atoms with Crippen molar-refractivity contribution in [1.82, 2.24) is 0 Å². The van der Waals surface area contributed by atoms with Crippen LogP contribution in [0.1, 0.15) is 11.1 Å². The molecule has 1 aromatic carbocycles. The fourth-order valence-corrected chi connectivity index (χ4v) is 2.85. The van der Waals surface area contributed by atoms with Crippen LogP contribution >= 0.6 is 22.9 Å². The maximum atomic E-state index is 5.89. The molecule has 0 radical (unpaired) electrons. The fraction of sp³-hybridized carbons (Fsp3) is 0.273. The van der Waals surface area contributed by atoms with E-state index in [-0.39, 0.29) is 0 Å². The van der Waals surface area contributed by atoms with Crippen LogP contribution in [0.5, 0.6) is 5.75 Å². The van der Waals surface area contributed by atoms with Gasteiger partial charge >= 0.3 is 0 Å². The quantitative estimate of drug-likeness (QED) is 0.705. The smallest absolute Gasteiger partial charge is 0.137 e. The number of thiophene rings is 1. The van der Waals surface area contributed by atoms with Gasteiger partial charge in [0.2, 0.25) is 0 Å². The van der Waals surface area contributed by atoms with Crippen molar-refractivity contribution in [2.75, 3.05) is 7.11 Å². The van der Waals surface area contributed by atoms with Gasteiger partial charge in [-0.25, -0.2) is 0 Å². The minimum Gasteiger partial charge on any atom is -0.495 e. The van der Waals surface area contributed by atoms with Gasteiger partial charge in [-0.05, 0) is 18.1 Å². The van der Waals surface area contributed by atoms with Gasteiger partial charge in [0.1, 0.15) is 5.75 Å². The number of rotatable bonds is 2. The zero-order valence-electron chi connectivity index (χ0n) is 8.13. The van der Waals surface area contributed by atoms with E-state index in [1.807, 2.05) is 5.38 Å². The Kier molecular flexibility index (Phi) is 2.66.